The van der Waals surface area contributed by atoms with E-state index in [1.54, 1.807) is 24.3 Å². The third-order valence-electron chi connectivity index (χ3n) is 6.08. The minimum atomic E-state index is -3.57. The predicted octanol–water partition coefficient (Wildman–Crippen LogP) is 3.83. The molecule has 4 rings (SSSR count). The smallest absolute Gasteiger partial charge is 0.243 e. The number of carbonyl (C=O) groups is 2. The van der Waals surface area contributed by atoms with Gasteiger partial charge in [-0.15, -0.1) is 0 Å². The summed E-state index contributed by atoms with van der Waals surface area (Å²) < 4.78 is 27.6. The van der Waals surface area contributed by atoms with E-state index in [9.17, 15) is 18.0 Å². The quantitative estimate of drug-likeness (QED) is 0.687. The Morgan fingerprint density at radius 1 is 1.00 bits per heavy atom. The number of benzene rings is 2. The summed E-state index contributed by atoms with van der Waals surface area (Å²) in [5.74, 6) is -0.694. The molecule has 2 aromatic rings. The first-order valence-corrected chi connectivity index (χ1v) is 12.6. The number of anilines is 2. The molecule has 0 aromatic heterocycles. The van der Waals surface area contributed by atoms with E-state index in [1.807, 2.05) is 12.1 Å². The SMILES string of the molecule is CC(=O)Nc1ccc(NC(=O)C2CCN(S(=O)(=O)c3ccc4c(c3)CCC4)CC2)c(Cl)c1. The zero-order valence-corrected chi connectivity index (χ0v) is 19.4. The van der Waals surface area contributed by atoms with Crippen LogP contribution >= 0.6 is 11.6 Å². The summed E-state index contributed by atoms with van der Waals surface area (Å²) in [6, 6.07) is 10.3. The molecule has 1 aliphatic carbocycles. The highest BCUT2D eigenvalue weighted by Crippen LogP contribution is 2.30. The lowest BCUT2D eigenvalue weighted by Gasteiger charge is -2.30. The molecule has 2 aromatic carbocycles. The van der Waals surface area contributed by atoms with Crippen molar-refractivity contribution >= 4 is 44.8 Å². The van der Waals surface area contributed by atoms with Crippen LogP contribution in [-0.2, 0) is 32.5 Å². The number of aryl methyl sites for hydroxylation is 2. The van der Waals surface area contributed by atoms with Gasteiger partial charge in [0.2, 0.25) is 21.8 Å². The van der Waals surface area contributed by atoms with Crippen molar-refractivity contribution in [2.75, 3.05) is 23.7 Å². The molecule has 1 aliphatic heterocycles. The zero-order chi connectivity index (χ0) is 22.9. The molecule has 1 saturated heterocycles. The first kappa shape index (κ1) is 22.8. The van der Waals surface area contributed by atoms with Crippen molar-refractivity contribution in [1.82, 2.24) is 4.31 Å². The topological polar surface area (TPSA) is 95.6 Å². The van der Waals surface area contributed by atoms with Gasteiger partial charge in [-0.25, -0.2) is 8.42 Å². The molecule has 0 spiro atoms. The van der Waals surface area contributed by atoms with Crippen molar-refractivity contribution in [3.63, 3.8) is 0 Å². The van der Waals surface area contributed by atoms with E-state index in [4.69, 9.17) is 11.6 Å². The highest BCUT2D eigenvalue weighted by Gasteiger charge is 2.32. The van der Waals surface area contributed by atoms with Crippen molar-refractivity contribution < 1.29 is 18.0 Å². The molecule has 0 bridgehead atoms. The second kappa shape index (κ2) is 9.21. The Morgan fingerprint density at radius 2 is 1.72 bits per heavy atom. The molecule has 9 heteroatoms. The first-order valence-electron chi connectivity index (χ1n) is 10.7. The first-order chi connectivity index (χ1) is 15.2. The molecule has 2 N–H and O–H groups in total. The summed E-state index contributed by atoms with van der Waals surface area (Å²) in [6.45, 7) is 2.00. The molecule has 0 radical (unpaired) electrons. The van der Waals surface area contributed by atoms with Gasteiger partial charge in [0.05, 0.1) is 15.6 Å². The lowest BCUT2D eigenvalue weighted by molar-refractivity contribution is -0.121. The van der Waals surface area contributed by atoms with E-state index in [-0.39, 0.29) is 17.7 Å². The molecule has 2 aliphatic rings. The van der Waals surface area contributed by atoms with Gasteiger partial charge in [-0.05, 0) is 73.6 Å². The van der Waals surface area contributed by atoms with Crippen molar-refractivity contribution in [3.8, 4) is 0 Å². The molecular weight excluding hydrogens is 450 g/mol. The lowest BCUT2D eigenvalue weighted by atomic mass is 9.97. The number of amides is 2. The van der Waals surface area contributed by atoms with E-state index in [2.05, 4.69) is 10.6 Å². The third kappa shape index (κ3) is 4.82. The van der Waals surface area contributed by atoms with E-state index in [0.717, 1.165) is 24.8 Å². The predicted molar refractivity (Wildman–Crippen MR) is 124 cm³/mol. The summed E-state index contributed by atoms with van der Waals surface area (Å²) in [7, 11) is -3.57. The number of piperidine rings is 1. The molecule has 1 fully saturated rings. The van der Waals surface area contributed by atoms with Gasteiger partial charge in [0.25, 0.3) is 0 Å². The Labute approximate surface area is 193 Å². The Hall–Kier alpha value is -2.42. The Balaban J connectivity index is 1.37. The van der Waals surface area contributed by atoms with Gasteiger partial charge in [0, 0.05) is 31.6 Å². The minimum Gasteiger partial charge on any atom is -0.326 e. The fourth-order valence-electron chi connectivity index (χ4n) is 4.35. The second-order valence-electron chi connectivity index (χ2n) is 8.33. The third-order valence-corrected chi connectivity index (χ3v) is 8.29. The van der Waals surface area contributed by atoms with Crippen molar-refractivity contribution in [2.24, 2.45) is 5.92 Å². The Kier molecular flexibility index (Phi) is 6.55. The standard InChI is InChI=1S/C23H26ClN3O4S/c1-15(28)25-19-6-8-22(21(24)14-19)26-23(29)17-9-11-27(12-10-17)32(30,31)20-7-5-16-3-2-4-18(16)13-20/h5-8,13-14,17H,2-4,9-12H2,1H3,(H,25,28)(H,26,29). The number of rotatable bonds is 5. The maximum Gasteiger partial charge on any atom is 0.243 e. The average molecular weight is 476 g/mol. The van der Waals surface area contributed by atoms with Gasteiger partial charge < -0.3 is 10.6 Å². The Bertz CT molecular complexity index is 1160. The van der Waals surface area contributed by atoms with E-state index in [0.29, 0.717) is 47.2 Å². The molecule has 1 heterocycles. The number of sulfonamides is 1. The van der Waals surface area contributed by atoms with Crippen molar-refractivity contribution in [2.45, 2.75) is 43.9 Å². The summed E-state index contributed by atoms with van der Waals surface area (Å²) in [4.78, 5) is 24.2. The second-order valence-corrected chi connectivity index (χ2v) is 10.7. The molecule has 2 amide bonds. The van der Waals surface area contributed by atoms with Crippen molar-refractivity contribution in [1.29, 1.82) is 0 Å². The van der Waals surface area contributed by atoms with Crippen LogP contribution in [0.15, 0.2) is 41.3 Å². The number of nitrogens with zero attached hydrogens (tertiary/aromatic N) is 1. The monoisotopic (exact) mass is 475 g/mol. The normalized spacial score (nSPS) is 17.1. The van der Waals surface area contributed by atoms with Gasteiger partial charge in [-0.3, -0.25) is 9.59 Å². The number of carbonyl (C=O) groups excluding carboxylic acids is 2. The number of hydrogen-bond donors (Lipinski definition) is 2. The maximum atomic E-state index is 13.1. The lowest BCUT2D eigenvalue weighted by Crippen LogP contribution is -2.41. The van der Waals surface area contributed by atoms with Crippen LogP contribution < -0.4 is 10.6 Å². The van der Waals surface area contributed by atoms with Gasteiger partial charge in [0.15, 0.2) is 0 Å². The van der Waals surface area contributed by atoms with Crippen LogP contribution in [0.1, 0.15) is 37.3 Å². The summed E-state index contributed by atoms with van der Waals surface area (Å²) >= 11 is 6.23. The average Bonchev–Trinajstić information content (AvgIpc) is 3.23. The van der Waals surface area contributed by atoms with Crippen LogP contribution in [-0.4, -0.2) is 37.6 Å². The van der Waals surface area contributed by atoms with Crippen LogP contribution in [0.4, 0.5) is 11.4 Å². The van der Waals surface area contributed by atoms with Gasteiger partial charge in [-0.2, -0.15) is 4.31 Å². The largest absolute Gasteiger partial charge is 0.326 e. The summed E-state index contributed by atoms with van der Waals surface area (Å²) in [6.07, 6.45) is 3.89. The molecule has 0 saturated carbocycles. The molecule has 32 heavy (non-hydrogen) atoms. The maximum absolute atomic E-state index is 13.1. The zero-order valence-electron chi connectivity index (χ0n) is 17.9. The molecule has 0 unspecified atom stereocenters. The highest BCUT2D eigenvalue weighted by molar-refractivity contribution is 7.89. The number of fused-ring (bicyclic) bond motifs is 1. The summed E-state index contributed by atoms with van der Waals surface area (Å²) in [5, 5.41) is 5.78. The van der Waals surface area contributed by atoms with E-state index in [1.165, 1.54) is 16.8 Å². The van der Waals surface area contributed by atoms with Crippen LogP contribution in [0, 0.1) is 5.92 Å². The molecular formula is C23H26ClN3O4S. The van der Waals surface area contributed by atoms with Crippen LogP contribution in [0.5, 0.6) is 0 Å². The number of nitrogens with one attached hydrogen (secondary N) is 2. The fourth-order valence-corrected chi connectivity index (χ4v) is 6.10. The van der Waals surface area contributed by atoms with Gasteiger partial charge in [-0.1, -0.05) is 17.7 Å². The van der Waals surface area contributed by atoms with E-state index >= 15 is 0 Å². The molecule has 170 valence electrons. The minimum absolute atomic E-state index is 0.186. The number of halogens is 1. The molecule has 0 atom stereocenters. The molecule has 7 nitrogen and oxygen atoms in total. The Morgan fingerprint density at radius 3 is 2.41 bits per heavy atom. The summed E-state index contributed by atoms with van der Waals surface area (Å²) in [5.41, 5.74) is 3.37. The van der Waals surface area contributed by atoms with E-state index < -0.39 is 10.0 Å². The number of hydrogen-bond acceptors (Lipinski definition) is 4. The van der Waals surface area contributed by atoms with Crippen LogP contribution in [0.25, 0.3) is 0 Å². The fraction of sp³-hybridized carbons (Fsp3) is 0.391. The van der Waals surface area contributed by atoms with Gasteiger partial charge in [0.1, 0.15) is 0 Å². The van der Waals surface area contributed by atoms with Crippen LogP contribution in [0.2, 0.25) is 5.02 Å². The van der Waals surface area contributed by atoms with Gasteiger partial charge >= 0.3 is 0 Å². The highest BCUT2D eigenvalue weighted by atomic mass is 35.5. The van der Waals surface area contributed by atoms with Crippen molar-refractivity contribution in [3.05, 3.63) is 52.5 Å². The van der Waals surface area contributed by atoms with Crippen LogP contribution in [0.3, 0.4) is 0 Å².